The number of nitrogens with zero attached hydrogens (tertiary/aromatic N) is 3. The third kappa shape index (κ3) is 6.44. The molecule has 3 atom stereocenters. The molecule has 3 aliphatic rings. The van der Waals surface area contributed by atoms with Crippen LogP contribution in [0.25, 0.3) is 11.1 Å². The fourth-order valence-corrected chi connectivity index (χ4v) is 6.91. The number of carbonyl (C=O) groups excluding carboxylic acids is 2. The molecule has 4 aromatic rings. The van der Waals surface area contributed by atoms with Crippen molar-refractivity contribution in [3.05, 3.63) is 105 Å². The molecule has 2 aliphatic carbocycles. The Balaban J connectivity index is 1.34. The second-order valence-corrected chi connectivity index (χ2v) is 13.4. The first-order chi connectivity index (χ1) is 23.9. The van der Waals surface area contributed by atoms with E-state index in [-0.39, 0.29) is 42.2 Å². The van der Waals surface area contributed by atoms with Gasteiger partial charge in [-0.3, -0.25) is 14.3 Å². The third-order valence-corrected chi connectivity index (χ3v) is 9.08. The van der Waals surface area contributed by atoms with Gasteiger partial charge in [-0.2, -0.15) is 27.1 Å². The van der Waals surface area contributed by atoms with Gasteiger partial charge in [0.2, 0.25) is 5.91 Å². The zero-order valence-electron chi connectivity index (χ0n) is 26.9. The number of carbonyl (C=O) groups is 2. The molecule has 0 radical (unpaired) electrons. The predicted molar refractivity (Wildman–Crippen MR) is 167 cm³/mol. The van der Waals surface area contributed by atoms with Gasteiger partial charge in [-0.15, -0.1) is 0 Å². The Morgan fingerprint density at radius 1 is 1.10 bits per heavy atom. The second-order valence-electron chi connectivity index (χ2n) is 13.4. The van der Waals surface area contributed by atoms with Gasteiger partial charge in [0.15, 0.2) is 5.69 Å². The zero-order valence-corrected chi connectivity index (χ0v) is 26.9. The Hall–Kier alpha value is -5.23. The number of pyridine rings is 1. The molecular weight excluding hydrogens is 683 g/mol. The smallest absolute Gasteiger partial charge is 0.378 e. The number of amides is 2. The molecule has 1 saturated carbocycles. The van der Waals surface area contributed by atoms with E-state index >= 15 is 8.78 Å². The molecule has 0 bridgehead atoms. The van der Waals surface area contributed by atoms with E-state index in [1.165, 1.54) is 19.9 Å². The van der Waals surface area contributed by atoms with Crippen molar-refractivity contribution in [2.45, 2.75) is 69.4 Å². The Kier molecular flexibility index (Phi) is 8.01. The topological polar surface area (TPSA) is 109 Å². The quantitative estimate of drug-likeness (QED) is 0.163. The van der Waals surface area contributed by atoms with Crippen molar-refractivity contribution < 1.29 is 45.4 Å². The van der Waals surface area contributed by atoms with Crippen LogP contribution in [0.15, 0.2) is 48.5 Å². The average molecular weight is 712 g/mol. The van der Waals surface area contributed by atoms with Crippen LogP contribution in [0.2, 0.25) is 0 Å². The van der Waals surface area contributed by atoms with Crippen LogP contribution in [0.4, 0.5) is 30.7 Å². The minimum Gasteiger partial charge on any atom is -0.378 e. The number of nitrogens with one attached hydrogen (secondary N) is 2. The Labute approximate surface area is 286 Å². The maximum atomic E-state index is 15.3. The fourth-order valence-electron chi connectivity index (χ4n) is 6.91. The molecule has 15 heteroatoms. The van der Waals surface area contributed by atoms with E-state index in [1.54, 1.807) is 24.3 Å². The number of benzene rings is 2. The maximum absolute atomic E-state index is 15.3. The van der Waals surface area contributed by atoms with Crippen molar-refractivity contribution in [1.29, 1.82) is 0 Å². The summed E-state index contributed by atoms with van der Waals surface area (Å²) in [6.07, 6.45) is -5.49. The van der Waals surface area contributed by atoms with Crippen LogP contribution < -0.4 is 10.6 Å². The van der Waals surface area contributed by atoms with Crippen LogP contribution in [0.3, 0.4) is 0 Å². The van der Waals surface area contributed by atoms with Crippen LogP contribution in [0.1, 0.15) is 82.1 Å². The molecule has 0 saturated heterocycles. The molecule has 2 aromatic heterocycles. The first-order valence-electron chi connectivity index (χ1n) is 15.9. The van der Waals surface area contributed by atoms with Gasteiger partial charge < -0.3 is 15.7 Å². The number of halogens is 7. The van der Waals surface area contributed by atoms with Crippen LogP contribution >= 0.6 is 0 Å². The summed E-state index contributed by atoms with van der Waals surface area (Å²) in [7, 11) is 0. The van der Waals surface area contributed by atoms with Crippen molar-refractivity contribution in [3.8, 4) is 23.0 Å². The highest BCUT2D eigenvalue weighted by Crippen LogP contribution is 2.68. The van der Waals surface area contributed by atoms with Gasteiger partial charge in [-0.05, 0) is 85.5 Å². The van der Waals surface area contributed by atoms with E-state index in [0.717, 1.165) is 12.1 Å². The first kappa shape index (κ1) is 34.2. The van der Waals surface area contributed by atoms with Gasteiger partial charge in [-0.25, -0.2) is 13.8 Å². The Morgan fingerprint density at radius 3 is 2.49 bits per heavy atom. The summed E-state index contributed by atoms with van der Waals surface area (Å²) >= 11 is 0. The van der Waals surface area contributed by atoms with Crippen LogP contribution in [0.5, 0.6) is 0 Å². The lowest BCUT2D eigenvalue weighted by atomic mass is 9.91. The number of hydrogen-bond donors (Lipinski definition) is 3. The lowest BCUT2D eigenvalue weighted by molar-refractivity contribution is -0.142. The molecule has 1 fully saturated rings. The normalized spacial score (nSPS) is 19.0. The number of fused-ring (bicyclic) bond motifs is 4. The van der Waals surface area contributed by atoms with Gasteiger partial charge in [0, 0.05) is 35.2 Å². The second kappa shape index (κ2) is 11.9. The van der Waals surface area contributed by atoms with Gasteiger partial charge in [-0.1, -0.05) is 18.1 Å². The van der Waals surface area contributed by atoms with Gasteiger partial charge >= 0.3 is 6.18 Å². The molecule has 8 nitrogen and oxygen atoms in total. The zero-order chi connectivity index (χ0) is 36.6. The standard InChI is InChI=1S/C36H28F7N5O3/c1-34(2,51)9-8-20-6-7-22(21-4-3-5-23-25(21)15-44-33(23)50)30(45-20)27(12-17-10-18(37)13-19(38)11-17)46-28(49)16-48-32-29(31(47-48)36(41,42)43)24-14-26(24)35(32,39)40/h3-7,10-11,13,24,26-27,51H,12,14-16H2,1-2H3,(H,44,50)(H,46,49)/t24-,26+,27-/m0/s1. The molecule has 2 aromatic carbocycles. The van der Waals surface area contributed by atoms with Crippen molar-refractivity contribution >= 4 is 11.8 Å². The predicted octanol–water partition coefficient (Wildman–Crippen LogP) is 5.92. The van der Waals surface area contributed by atoms with E-state index in [2.05, 4.69) is 32.6 Å². The van der Waals surface area contributed by atoms with Crippen LogP contribution in [-0.2, 0) is 36.4 Å². The number of alkyl halides is 5. The maximum Gasteiger partial charge on any atom is 0.435 e. The van der Waals surface area contributed by atoms with Gasteiger partial charge in [0.25, 0.3) is 11.8 Å². The highest BCUT2D eigenvalue weighted by Gasteiger charge is 2.68. The molecule has 0 unspecified atom stereocenters. The minimum atomic E-state index is -5.04. The molecule has 264 valence electrons. The number of aromatic nitrogens is 3. The van der Waals surface area contributed by atoms with E-state index in [4.69, 9.17) is 0 Å². The summed E-state index contributed by atoms with van der Waals surface area (Å²) in [6.45, 7) is 2.00. The third-order valence-electron chi connectivity index (χ3n) is 9.08. The average Bonchev–Trinajstić information content (AvgIpc) is 3.53. The van der Waals surface area contributed by atoms with E-state index in [1.807, 2.05) is 0 Å². The van der Waals surface area contributed by atoms with Gasteiger partial charge in [0.1, 0.15) is 35.2 Å². The van der Waals surface area contributed by atoms with Crippen LogP contribution in [0, 0.1) is 29.4 Å². The molecule has 3 heterocycles. The molecular formula is C36H28F7N5O3. The van der Waals surface area contributed by atoms with E-state index in [9.17, 15) is 36.6 Å². The summed E-state index contributed by atoms with van der Waals surface area (Å²) in [6, 6.07) is 9.47. The monoisotopic (exact) mass is 711 g/mol. The summed E-state index contributed by atoms with van der Waals surface area (Å²) in [4.78, 5) is 30.9. The fraction of sp³-hybridized carbons (Fsp3) is 0.333. The molecule has 1 aliphatic heterocycles. The summed E-state index contributed by atoms with van der Waals surface area (Å²) < 4.78 is 101. The minimum absolute atomic E-state index is 0.0552. The summed E-state index contributed by atoms with van der Waals surface area (Å²) in [5.74, 6) is -3.82. The Bertz CT molecular complexity index is 2160. The van der Waals surface area contributed by atoms with Crippen molar-refractivity contribution in [2.24, 2.45) is 5.92 Å². The molecule has 51 heavy (non-hydrogen) atoms. The van der Waals surface area contributed by atoms with Crippen molar-refractivity contribution in [2.75, 3.05) is 0 Å². The molecule has 3 N–H and O–H groups in total. The number of hydrogen-bond acceptors (Lipinski definition) is 5. The summed E-state index contributed by atoms with van der Waals surface area (Å²) in [5.41, 5.74) is -2.37. The van der Waals surface area contributed by atoms with Crippen LogP contribution in [-0.4, -0.2) is 37.3 Å². The number of aliphatic hydroxyl groups is 1. The van der Waals surface area contributed by atoms with E-state index < -0.39 is 76.6 Å². The first-order valence-corrected chi connectivity index (χ1v) is 15.9. The lowest BCUT2D eigenvalue weighted by Crippen LogP contribution is -2.35. The molecule has 2 amide bonds. The Morgan fingerprint density at radius 2 is 1.80 bits per heavy atom. The van der Waals surface area contributed by atoms with Gasteiger partial charge in [0.05, 0.1) is 11.7 Å². The molecule has 7 rings (SSSR count). The highest BCUT2D eigenvalue weighted by atomic mass is 19.4. The van der Waals surface area contributed by atoms with E-state index in [0.29, 0.717) is 33.0 Å². The number of rotatable bonds is 7. The lowest BCUT2D eigenvalue weighted by Gasteiger charge is -2.23. The van der Waals surface area contributed by atoms with Crippen molar-refractivity contribution in [1.82, 2.24) is 25.4 Å². The summed E-state index contributed by atoms with van der Waals surface area (Å²) in [5, 5.41) is 19.0. The largest absolute Gasteiger partial charge is 0.435 e. The molecule has 0 spiro atoms. The SMILES string of the molecule is CC(C)(O)C#Cc1ccc(-c2cccc3c2CNC3=O)c([C@H](Cc2cc(F)cc(F)c2)NC(=O)Cn2nc(C(F)(F)F)c3c2C(F)(F)[C@@H]2C[C@H]32)n1. The van der Waals surface area contributed by atoms with Crippen molar-refractivity contribution in [3.63, 3.8) is 0 Å². The highest BCUT2D eigenvalue weighted by molar-refractivity contribution is 6.00.